The number of hydrogen-bond donors (Lipinski definition) is 0. The molecule has 7 nitrogen and oxygen atoms in total. The zero-order chi connectivity index (χ0) is 18.8. The number of hydrogen-bond acceptors (Lipinski definition) is 7. The van der Waals surface area contributed by atoms with Crippen LogP contribution in [0, 0.1) is 0 Å². The Balaban J connectivity index is 1.95. The maximum atomic E-state index is 12.6. The fraction of sp³-hybridized carbons (Fsp3) is 0.211. The fourth-order valence-electron chi connectivity index (χ4n) is 2.98. The average molecular weight is 379 g/mol. The normalized spacial score (nSPS) is 15.3. The number of pyridine rings is 1. The molecule has 1 atom stereocenters. The Hall–Kier alpha value is -3.00. The van der Waals surface area contributed by atoms with Gasteiger partial charge in [0, 0.05) is 30.4 Å². The van der Waals surface area contributed by atoms with E-state index in [1.807, 2.05) is 43.3 Å². The molecule has 0 spiro atoms. The summed E-state index contributed by atoms with van der Waals surface area (Å²) in [7, 11) is 0. The van der Waals surface area contributed by atoms with Crippen molar-refractivity contribution in [2.75, 3.05) is 10.7 Å². The molecular weight excluding hydrogens is 362 g/mol. The van der Waals surface area contributed by atoms with E-state index in [4.69, 9.17) is 4.74 Å². The van der Waals surface area contributed by atoms with E-state index in [1.54, 1.807) is 17.3 Å². The molecule has 0 N–H and O–H groups in total. The molecule has 1 aliphatic rings. The van der Waals surface area contributed by atoms with E-state index < -0.39 is 6.23 Å². The monoisotopic (exact) mass is 379 g/mol. The molecule has 136 valence electrons. The summed E-state index contributed by atoms with van der Waals surface area (Å²) >= 11 is 1.48. The Bertz CT molecular complexity index is 983. The van der Waals surface area contributed by atoms with E-state index >= 15 is 0 Å². The van der Waals surface area contributed by atoms with Gasteiger partial charge in [-0.3, -0.25) is 14.7 Å². The third-order valence-electron chi connectivity index (χ3n) is 4.09. The van der Waals surface area contributed by atoms with Gasteiger partial charge in [0.25, 0.3) is 0 Å². The molecule has 8 heteroatoms. The van der Waals surface area contributed by atoms with Crippen LogP contribution in [0.4, 0.5) is 5.69 Å². The van der Waals surface area contributed by atoms with Crippen molar-refractivity contribution < 1.29 is 9.53 Å². The van der Waals surface area contributed by atoms with E-state index in [2.05, 4.69) is 20.2 Å². The molecule has 0 radical (unpaired) electrons. The van der Waals surface area contributed by atoms with E-state index in [9.17, 15) is 4.79 Å². The van der Waals surface area contributed by atoms with Gasteiger partial charge in [0.2, 0.25) is 23.2 Å². The number of rotatable bonds is 3. The Labute approximate surface area is 160 Å². The van der Waals surface area contributed by atoms with Crippen LogP contribution >= 0.6 is 11.8 Å². The highest BCUT2D eigenvalue weighted by Crippen LogP contribution is 2.43. The zero-order valence-electron chi connectivity index (χ0n) is 14.9. The molecule has 3 aromatic rings. The van der Waals surface area contributed by atoms with Gasteiger partial charge >= 0.3 is 0 Å². The lowest BCUT2D eigenvalue weighted by molar-refractivity contribution is -0.118. The number of benzene rings is 1. The van der Waals surface area contributed by atoms with E-state index in [-0.39, 0.29) is 5.91 Å². The highest BCUT2D eigenvalue weighted by molar-refractivity contribution is 7.99. The van der Waals surface area contributed by atoms with Crippen molar-refractivity contribution in [3.63, 3.8) is 0 Å². The Morgan fingerprint density at radius 1 is 1.22 bits per heavy atom. The summed E-state index contributed by atoms with van der Waals surface area (Å²) in [5.74, 6) is 1.02. The lowest BCUT2D eigenvalue weighted by Crippen LogP contribution is -2.36. The van der Waals surface area contributed by atoms with Crippen molar-refractivity contribution in [3.8, 4) is 17.1 Å². The lowest BCUT2D eigenvalue weighted by Gasteiger charge is -2.29. The minimum Gasteiger partial charge on any atom is -0.447 e. The zero-order valence-corrected chi connectivity index (χ0v) is 15.7. The molecule has 0 aliphatic carbocycles. The van der Waals surface area contributed by atoms with Crippen LogP contribution < -0.4 is 9.64 Å². The van der Waals surface area contributed by atoms with Gasteiger partial charge < -0.3 is 4.74 Å². The molecule has 0 saturated carbocycles. The third kappa shape index (κ3) is 3.23. The van der Waals surface area contributed by atoms with Crippen LogP contribution in [0.5, 0.6) is 5.88 Å². The molecule has 0 saturated heterocycles. The van der Waals surface area contributed by atoms with Crippen molar-refractivity contribution in [2.24, 2.45) is 0 Å². The van der Waals surface area contributed by atoms with Crippen LogP contribution in [0.2, 0.25) is 0 Å². The predicted octanol–water partition coefficient (Wildman–Crippen LogP) is 3.49. The van der Waals surface area contributed by atoms with Crippen LogP contribution in [0.15, 0.2) is 53.9 Å². The van der Waals surface area contributed by atoms with Crippen molar-refractivity contribution in [3.05, 3.63) is 54.4 Å². The number of carbonyl (C=O) groups excluding carboxylic acids is 1. The number of nitrogens with zero attached hydrogens (tertiary/aromatic N) is 5. The maximum absolute atomic E-state index is 12.6. The van der Waals surface area contributed by atoms with Crippen LogP contribution in [-0.2, 0) is 4.79 Å². The SMILES string of the molecule is CCSc1nnc2c(n1)OC(c1cccnc1)N(C(C)=O)c1ccccc1-2. The highest BCUT2D eigenvalue weighted by atomic mass is 32.2. The molecule has 1 aromatic carbocycles. The van der Waals surface area contributed by atoms with Crippen LogP contribution in [0.3, 0.4) is 0 Å². The molecule has 1 aliphatic heterocycles. The number of fused-ring (bicyclic) bond motifs is 3. The van der Waals surface area contributed by atoms with E-state index in [0.717, 1.165) is 16.9 Å². The van der Waals surface area contributed by atoms with Crippen molar-refractivity contribution >= 4 is 23.4 Å². The molecule has 2 aromatic heterocycles. The summed E-state index contributed by atoms with van der Waals surface area (Å²) in [6.45, 7) is 3.53. The summed E-state index contributed by atoms with van der Waals surface area (Å²) in [6.07, 6.45) is 2.67. The molecule has 1 amide bonds. The first-order chi connectivity index (χ1) is 13.2. The van der Waals surface area contributed by atoms with Gasteiger partial charge in [-0.25, -0.2) is 0 Å². The number of amides is 1. The first-order valence-electron chi connectivity index (χ1n) is 8.52. The quantitative estimate of drug-likeness (QED) is 0.644. The molecule has 1 unspecified atom stereocenters. The second-order valence-electron chi connectivity index (χ2n) is 5.84. The summed E-state index contributed by atoms with van der Waals surface area (Å²) in [5, 5.41) is 9.08. The number of anilines is 1. The Morgan fingerprint density at radius 2 is 2.07 bits per heavy atom. The predicted molar refractivity (Wildman–Crippen MR) is 102 cm³/mol. The maximum Gasteiger partial charge on any atom is 0.247 e. The summed E-state index contributed by atoms with van der Waals surface area (Å²) < 4.78 is 6.22. The minimum atomic E-state index is -0.699. The molecule has 4 rings (SSSR count). The Morgan fingerprint density at radius 3 is 2.81 bits per heavy atom. The molecule has 0 fully saturated rings. The molecule has 0 bridgehead atoms. The van der Waals surface area contributed by atoms with Crippen molar-refractivity contribution in [1.82, 2.24) is 20.2 Å². The van der Waals surface area contributed by atoms with Crippen LogP contribution in [-0.4, -0.2) is 31.8 Å². The van der Waals surface area contributed by atoms with Gasteiger partial charge in [0.1, 0.15) is 0 Å². The number of carbonyl (C=O) groups is 1. The van der Waals surface area contributed by atoms with Crippen LogP contribution in [0.1, 0.15) is 25.6 Å². The average Bonchev–Trinajstić information content (AvgIpc) is 2.83. The molecule has 27 heavy (non-hydrogen) atoms. The van der Waals surface area contributed by atoms with E-state index in [0.29, 0.717) is 22.4 Å². The highest BCUT2D eigenvalue weighted by Gasteiger charge is 2.34. The molecule has 3 heterocycles. The van der Waals surface area contributed by atoms with Gasteiger partial charge in [-0.15, -0.1) is 10.2 Å². The second-order valence-corrected chi connectivity index (χ2v) is 7.08. The third-order valence-corrected chi connectivity index (χ3v) is 4.81. The van der Waals surface area contributed by atoms with Crippen molar-refractivity contribution in [1.29, 1.82) is 0 Å². The van der Waals surface area contributed by atoms with Gasteiger partial charge in [-0.1, -0.05) is 43.0 Å². The smallest absolute Gasteiger partial charge is 0.247 e. The van der Waals surface area contributed by atoms with Gasteiger partial charge in [-0.05, 0) is 17.9 Å². The first kappa shape index (κ1) is 17.4. The topological polar surface area (TPSA) is 81.1 Å². The number of ether oxygens (including phenoxy) is 1. The van der Waals surface area contributed by atoms with E-state index in [1.165, 1.54) is 18.7 Å². The Kier molecular flexibility index (Phi) is 4.72. The molecular formula is C19H17N5O2S. The standard InChI is InChI=1S/C19H17N5O2S/c1-3-27-19-21-17-16(22-23-19)14-8-4-5-9-15(14)24(12(2)25)18(26-17)13-7-6-10-20-11-13/h4-11,18H,3H2,1-2H3. The van der Waals surface area contributed by atoms with Crippen molar-refractivity contribution in [2.45, 2.75) is 25.2 Å². The summed E-state index contributed by atoms with van der Waals surface area (Å²) in [4.78, 5) is 22.9. The first-order valence-corrected chi connectivity index (χ1v) is 9.51. The number of para-hydroxylation sites is 1. The number of thioether (sulfide) groups is 1. The number of aromatic nitrogens is 4. The summed E-state index contributed by atoms with van der Waals surface area (Å²) in [5.41, 5.74) is 2.72. The minimum absolute atomic E-state index is 0.153. The fourth-order valence-corrected chi connectivity index (χ4v) is 3.49. The summed E-state index contributed by atoms with van der Waals surface area (Å²) in [6, 6.07) is 11.2. The lowest BCUT2D eigenvalue weighted by atomic mass is 10.1. The van der Waals surface area contributed by atoms with Gasteiger partial charge in [0.05, 0.1) is 5.69 Å². The van der Waals surface area contributed by atoms with Gasteiger partial charge in [-0.2, -0.15) is 4.98 Å². The second kappa shape index (κ2) is 7.32. The van der Waals surface area contributed by atoms with Crippen LogP contribution in [0.25, 0.3) is 11.3 Å². The van der Waals surface area contributed by atoms with Gasteiger partial charge in [0.15, 0.2) is 5.69 Å². The largest absolute Gasteiger partial charge is 0.447 e.